The van der Waals surface area contributed by atoms with E-state index >= 15 is 0 Å². The SMILES string of the molecule is CC1=[C-]C(C)C(C)=C1C.Cl.Cl.Clc1ccc2c(-c3ccccc3)c[cH-]c2c1.[CH3-].[CH3-].[Si]=[Zr]. The van der Waals surface area contributed by atoms with Gasteiger partial charge in [0.1, 0.15) is 0 Å². The minimum atomic E-state index is 0. The average molecular weight is 569 g/mol. The first-order valence-electron chi connectivity index (χ1n) is 8.90. The first-order chi connectivity index (χ1) is 13.0. The van der Waals surface area contributed by atoms with Gasteiger partial charge in [-0.15, -0.1) is 72.3 Å². The van der Waals surface area contributed by atoms with E-state index in [1.165, 1.54) is 62.0 Å². The molecule has 1 atom stereocenters. The number of halogens is 3. The fourth-order valence-corrected chi connectivity index (χ4v) is 3.39. The number of fused-ring (bicyclic) bond motifs is 1. The Morgan fingerprint density at radius 3 is 2.00 bits per heavy atom. The summed E-state index contributed by atoms with van der Waals surface area (Å²) >= 11 is 7.33. The van der Waals surface area contributed by atoms with Crippen LogP contribution in [0.2, 0.25) is 5.02 Å². The Kier molecular flexibility index (Phi) is 19.3. The average Bonchev–Trinajstić information content (AvgIpc) is 3.21. The van der Waals surface area contributed by atoms with Gasteiger partial charge in [-0.3, -0.25) is 6.08 Å². The molecular formula is C26H31Cl3SiZr-4. The van der Waals surface area contributed by atoms with E-state index in [-0.39, 0.29) is 39.7 Å². The molecule has 4 rings (SSSR count). The molecule has 168 valence electrons. The van der Waals surface area contributed by atoms with Gasteiger partial charge in [0, 0.05) is 0 Å². The third-order valence-electron chi connectivity index (χ3n) is 5.05. The Labute approximate surface area is 223 Å². The molecule has 3 aromatic rings. The van der Waals surface area contributed by atoms with Crippen molar-refractivity contribution in [3.8, 4) is 11.1 Å². The molecule has 1 unspecified atom stereocenters. The van der Waals surface area contributed by atoms with E-state index in [1.54, 1.807) is 0 Å². The van der Waals surface area contributed by atoms with Crippen molar-refractivity contribution in [2.75, 3.05) is 0 Å². The van der Waals surface area contributed by atoms with Crippen molar-refractivity contribution in [2.24, 2.45) is 5.92 Å². The van der Waals surface area contributed by atoms with E-state index in [1.807, 2.05) is 18.2 Å². The van der Waals surface area contributed by atoms with E-state index in [9.17, 15) is 0 Å². The molecule has 0 saturated carbocycles. The van der Waals surface area contributed by atoms with E-state index < -0.39 is 0 Å². The Hall–Kier alpha value is -0.500. The van der Waals surface area contributed by atoms with Crippen molar-refractivity contribution in [3.05, 3.63) is 103 Å². The van der Waals surface area contributed by atoms with Crippen LogP contribution in [0.1, 0.15) is 27.7 Å². The van der Waals surface area contributed by atoms with Gasteiger partial charge in [0.15, 0.2) is 0 Å². The molecule has 3 aromatic carbocycles. The Bertz CT molecular complexity index is 975. The summed E-state index contributed by atoms with van der Waals surface area (Å²) in [5.74, 6) is 0.560. The van der Waals surface area contributed by atoms with Crippen LogP contribution in [0.25, 0.3) is 21.9 Å². The number of rotatable bonds is 1. The van der Waals surface area contributed by atoms with E-state index in [0.717, 1.165) is 5.02 Å². The van der Waals surface area contributed by atoms with Crippen LogP contribution >= 0.6 is 36.4 Å². The van der Waals surface area contributed by atoms with Crippen molar-refractivity contribution in [2.45, 2.75) is 27.7 Å². The third-order valence-corrected chi connectivity index (χ3v) is 5.29. The van der Waals surface area contributed by atoms with Crippen LogP contribution in [0.4, 0.5) is 0 Å². The molecule has 0 N–H and O–H groups in total. The number of hydrogen-bond acceptors (Lipinski definition) is 0. The van der Waals surface area contributed by atoms with Gasteiger partial charge in [-0.1, -0.05) is 80.3 Å². The van der Waals surface area contributed by atoms with Crippen molar-refractivity contribution in [3.63, 3.8) is 0 Å². The normalized spacial score (nSPS) is 13.5. The van der Waals surface area contributed by atoms with Crippen molar-refractivity contribution in [1.29, 1.82) is 0 Å². The first kappa shape index (κ1) is 35.1. The molecule has 0 aromatic heterocycles. The second-order valence-corrected chi connectivity index (χ2v) is 7.08. The van der Waals surface area contributed by atoms with Crippen molar-refractivity contribution >= 4 is 54.1 Å². The molecule has 5 heteroatoms. The maximum absolute atomic E-state index is 5.97. The van der Waals surface area contributed by atoms with Crippen molar-refractivity contribution < 1.29 is 23.3 Å². The van der Waals surface area contributed by atoms with Gasteiger partial charge in [0.25, 0.3) is 0 Å². The summed E-state index contributed by atoms with van der Waals surface area (Å²) in [6.07, 6.45) is 3.36. The fraction of sp³-hybridized carbons (Fsp3) is 0.192. The van der Waals surface area contributed by atoms with Gasteiger partial charge in [0.2, 0.25) is 0 Å². The summed E-state index contributed by atoms with van der Waals surface area (Å²) in [5.41, 5.74) is 6.77. The van der Waals surface area contributed by atoms with Gasteiger partial charge < -0.3 is 14.9 Å². The maximum atomic E-state index is 5.97. The van der Waals surface area contributed by atoms with Crippen molar-refractivity contribution in [1.82, 2.24) is 0 Å². The van der Waals surface area contributed by atoms with Gasteiger partial charge in [-0.25, -0.2) is 5.57 Å². The molecule has 0 aliphatic heterocycles. The standard InChI is InChI=1S/C15H10Cl.C9H13.2CH3.2ClH.Si.Zr/c16-13-7-9-15-12(10-13)6-8-14(15)11-4-2-1-3-5-11;1-6-5-7(2)9(4)8(6)3;;;;;;/h1-10H;6H,1-4H3;2*1H3;2*1H;;/q4*-1;;;;. The zero-order valence-electron chi connectivity index (χ0n) is 19.0. The molecule has 31 heavy (non-hydrogen) atoms. The summed E-state index contributed by atoms with van der Waals surface area (Å²) in [4.78, 5) is 0. The number of benzene rings is 2. The monoisotopic (exact) mass is 566 g/mol. The zero-order valence-corrected chi connectivity index (χ0v) is 24.9. The van der Waals surface area contributed by atoms with E-state index in [2.05, 4.69) is 83.1 Å². The summed E-state index contributed by atoms with van der Waals surface area (Å²) < 4.78 is 0. The molecule has 1 aliphatic carbocycles. The second kappa shape index (κ2) is 17.0. The summed E-state index contributed by atoms with van der Waals surface area (Å²) in [7, 11) is 0. The molecule has 0 amide bonds. The van der Waals surface area contributed by atoms with Gasteiger partial charge in [-0.2, -0.15) is 11.1 Å². The summed E-state index contributed by atoms with van der Waals surface area (Å²) in [6.45, 7) is 11.7. The predicted octanol–water partition coefficient (Wildman–Crippen LogP) is 8.96. The Balaban J connectivity index is -0.000000460. The molecule has 0 bridgehead atoms. The molecule has 0 saturated heterocycles. The van der Waals surface area contributed by atoms with Crippen LogP contribution in [0.5, 0.6) is 0 Å². The Morgan fingerprint density at radius 1 is 0.968 bits per heavy atom. The molecule has 2 radical (unpaired) electrons. The summed E-state index contributed by atoms with van der Waals surface area (Å²) in [6, 6.07) is 20.7. The zero-order chi connectivity index (χ0) is 20.0. The first-order valence-corrected chi connectivity index (χ1v) is 13.5. The quantitative estimate of drug-likeness (QED) is 0.203. The minimum absolute atomic E-state index is 0. The van der Waals surface area contributed by atoms with Crippen LogP contribution in [-0.4, -0.2) is 6.88 Å². The molecule has 0 fully saturated rings. The number of allylic oxidation sites excluding steroid dienone is 4. The fourth-order valence-electron chi connectivity index (χ4n) is 3.21. The van der Waals surface area contributed by atoms with E-state index in [4.69, 9.17) is 11.6 Å². The van der Waals surface area contributed by atoms with Gasteiger partial charge in [-0.05, 0) is 5.02 Å². The Morgan fingerprint density at radius 2 is 1.55 bits per heavy atom. The van der Waals surface area contributed by atoms with Gasteiger partial charge in [0.05, 0.1) is 0 Å². The number of hydrogen-bond donors (Lipinski definition) is 0. The van der Waals surface area contributed by atoms with Crippen LogP contribution in [-0.2, 0) is 23.3 Å². The predicted molar refractivity (Wildman–Crippen MR) is 143 cm³/mol. The molecule has 0 heterocycles. The van der Waals surface area contributed by atoms with Crippen LogP contribution in [0.15, 0.2) is 77.4 Å². The van der Waals surface area contributed by atoms with Crippen LogP contribution in [0.3, 0.4) is 0 Å². The topological polar surface area (TPSA) is 0 Å². The van der Waals surface area contributed by atoms with Crippen LogP contribution in [0, 0.1) is 26.8 Å². The molecule has 1 aliphatic rings. The van der Waals surface area contributed by atoms with Crippen LogP contribution < -0.4 is 0 Å². The third kappa shape index (κ3) is 9.10. The summed E-state index contributed by atoms with van der Waals surface area (Å²) in [5, 5.41) is 3.25. The molecule has 0 nitrogen and oxygen atoms in total. The van der Waals surface area contributed by atoms with Gasteiger partial charge >= 0.3 is 30.2 Å². The molecule has 0 spiro atoms. The second-order valence-electron chi connectivity index (χ2n) is 6.64. The molecular weight excluding hydrogens is 538 g/mol. The van der Waals surface area contributed by atoms with E-state index in [0.29, 0.717) is 5.92 Å².